The van der Waals surface area contributed by atoms with Crippen LogP contribution in [0, 0.1) is 0 Å². The molecule has 0 unspecified atom stereocenters. The van der Waals surface area contributed by atoms with Gasteiger partial charge in [0.1, 0.15) is 5.75 Å². The number of hydrazone groups is 1. The van der Waals surface area contributed by atoms with Crippen LogP contribution in [0.1, 0.15) is 24.5 Å². The van der Waals surface area contributed by atoms with Gasteiger partial charge in [0, 0.05) is 0 Å². The lowest BCUT2D eigenvalue weighted by Gasteiger charge is -2.07. The molecular weight excluding hydrogens is 284 g/mol. The molecular formula is C17H19ClN2O. The van der Waals surface area contributed by atoms with Crippen LogP contribution in [0.25, 0.3) is 0 Å². The third kappa shape index (κ3) is 5.12. The van der Waals surface area contributed by atoms with Crippen LogP contribution in [0.3, 0.4) is 0 Å². The van der Waals surface area contributed by atoms with Gasteiger partial charge < -0.3 is 10.2 Å². The van der Waals surface area contributed by atoms with Crippen molar-refractivity contribution in [2.24, 2.45) is 5.10 Å². The number of nitrogens with one attached hydrogen (secondary N) is 1. The predicted octanol–water partition coefficient (Wildman–Crippen LogP) is 4.25. The first kappa shape index (κ1) is 15.4. The molecule has 0 aliphatic carbocycles. The van der Waals surface area contributed by atoms with E-state index in [9.17, 15) is 0 Å². The van der Waals surface area contributed by atoms with Crippen molar-refractivity contribution in [3.63, 3.8) is 0 Å². The molecule has 0 atom stereocenters. The van der Waals surface area contributed by atoms with E-state index in [1.54, 1.807) is 6.21 Å². The molecule has 2 aromatic rings. The molecule has 4 heteroatoms. The fourth-order valence-corrected chi connectivity index (χ4v) is 2.02. The van der Waals surface area contributed by atoms with Crippen LogP contribution in [0.15, 0.2) is 53.6 Å². The van der Waals surface area contributed by atoms with Crippen LogP contribution >= 0.6 is 11.6 Å². The quantitative estimate of drug-likeness (QED) is 0.612. The van der Waals surface area contributed by atoms with E-state index in [-0.39, 0.29) is 0 Å². The summed E-state index contributed by atoms with van der Waals surface area (Å²) in [4.78, 5) is 0. The van der Waals surface area contributed by atoms with Gasteiger partial charge in [0.2, 0.25) is 0 Å². The molecule has 0 bridgehead atoms. The summed E-state index contributed by atoms with van der Waals surface area (Å²) >= 11 is 6.17. The van der Waals surface area contributed by atoms with Gasteiger partial charge in [-0.1, -0.05) is 48.9 Å². The summed E-state index contributed by atoms with van der Waals surface area (Å²) in [6.07, 6.45) is 2.71. The van der Waals surface area contributed by atoms with Crippen molar-refractivity contribution in [2.75, 3.05) is 6.61 Å². The maximum absolute atomic E-state index is 6.17. The molecule has 0 aliphatic heterocycles. The van der Waals surface area contributed by atoms with Gasteiger partial charge in [0.25, 0.3) is 0 Å². The highest BCUT2D eigenvalue weighted by Crippen LogP contribution is 2.24. The average molecular weight is 303 g/mol. The molecule has 0 saturated carbocycles. The topological polar surface area (TPSA) is 33.6 Å². The van der Waals surface area contributed by atoms with Crippen molar-refractivity contribution in [1.82, 2.24) is 5.43 Å². The maximum atomic E-state index is 6.17. The highest BCUT2D eigenvalue weighted by atomic mass is 35.5. The number of rotatable bonds is 7. The predicted molar refractivity (Wildman–Crippen MR) is 88.1 cm³/mol. The van der Waals surface area contributed by atoms with Crippen LogP contribution in [-0.4, -0.2) is 12.8 Å². The van der Waals surface area contributed by atoms with E-state index in [4.69, 9.17) is 16.3 Å². The second-order valence-corrected chi connectivity index (χ2v) is 5.02. The standard InChI is InChI=1S/C17H19ClN2O/c1-2-10-21-17-9-8-15(11-16(17)18)13-20-19-12-14-6-4-3-5-7-14/h3-9,11,13,19H,2,10,12H2,1H3. The summed E-state index contributed by atoms with van der Waals surface area (Å²) in [5.41, 5.74) is 5.14. The Bertz CT molecular complexity index is 585. The van der Waals surface area contributed by atoms with Crippen LogP contribution in [0.2, 0.25) is 5.02 Å². The monoisotopic (exact) mass is 302 g/mol. The van der Waals surface area contributed by atoms with Crippen LogP contribution < -0.4 is 10.2 Å². The Kier molecular flexibility index (Phi) is 6.10. The van der Waals surface area contributed by atoms with Gasteiger partial charge in [0.05, 0.1) is 24.4 Å². The third-order valence-electron chi connectivity index (χ3n) is 2.85. The summed E-state index contributed by atoms with van der Waals surface area (Å²) in [6, 6.07) is 15.8. The highest BCUT2D eigenvalue weighted by molar-refractivity contribution is 6.32. The first-order valence-electron chi connectivity index (χ1n) is 7.02. The zero-order chi connectivity index (χ0) is 14.9. The molecule has 2 aromatic carbocycles. The van der Waals surface area contributed by atoms with E-state index in [1.807, 2.05) is 36.4 Å². The Morgan fingerprint density at radius 2 is 2.00 bits per heavy atom. The fraction of sp³-hybridized carbons (Fsp3) is 0.235. The van der Waals surface area contributed by atoms with Gasteiger partial charge in [-0.15, -0.1) is 0 Å². The smallest absolute Gasteiger partial charge is 0.137 e. The van der Waals surface area contributed by atoms with Gasteiger partial charge in [-0.25, -0.2) is 0 Å². The maximum Gasteiger partial charge on any atom is 0.137 e. The normalized spacial score (nSPS) is 10.8. The van der Waals surface area contributed by atoms with Crippen LogP contribution in [-0.2, 0) is 6.54 Å². The lowest BCUT2D eigenvalue weighted by molar-refractivity contribution is 0.317. The molecule has 2 rings (SSSR count). The van der Waals surface area contributed by atoms with E-state index in [1.165, 1.54) is 5.56 Å². The van der Waals surface area contributed by atoms with Crippen LogP contribution in [0.5, 0.6) is 5.75 Å². The van der Waals surface area contributed by atoms with Crippen molar-refractivity contribution in [3.8, 4) is 5.75 Å². The minimum absolute atomic E-state index is 0.607. The molecule has 21 heavy (non-hydrogen) atoms. The summed E-state index contributed by atoms with van der Waals surface area (Å²) in [5, 5.41) is 4.80. The van der Waals surface area contributed by atoms with E-state index in [0.717, 1.165) is 12.0 Å². The molecule has 0 amide bonds. The molecule has 0 radical (unpaired) electrons. The van der Waals surface area contributed by atoms with E-state index in [0.29, 0.717) is 23.9 Å². The SMILES string of the molecule is CCCOc1ccc(C=NNCc2ccccc2)cc1Cl. The first-order valence-corrected chi connectivity index (χ1v) is 7.39. The van der Waals surface area contributed by atoms with Crippen molar-refractivity contribution in [3.05, 3.63) is 64.7 Å². The van der Waals surface area contributed by atoms with Gasteiger partial charge in [-0.2, -0.15) is 5.10 Å². The molecule has 0 aliphatic rings. The Morgan fingerprint density at radius 3 is 2.71 bits per heavy atom. The zero-order valence-corrected chi connectivity index (χ0v) is 12.8. The van der Waals surface area contributed by atoms with Crippen molar-refractivity contribution >= 4 is 17.8 Å². The number of ether oxygens (including phenoxy) is 1. The number of hydrogen-bond acceptors (Lipinski definition) is 3. The Morgan fingerprint density at radius 1 is 1.19 bits per heavy atom. The second-order valence-electron chi connectivity index (χ2n) is 4.62. The molecule has 1 N–H and O–H groups in total. The lowest BCUT2D eigenvalue weighted by atomic mass is 10.2. The van der Waals surface area contributed by atoms with Crippen molar-refractivity contribution in [1.29, 1.82) is 0 Å². The molecule has 3 nitrogen and oxygen atoms in total. The summed E-state index contributed by atoms with van der Waals surface area (Å²) < 4.78 is 5.53. The summed E-state index contributed by atoms with van der Waals surface area (Å²) in [7, 11) is 0. The second kappa shape index (κ2) is 8.32. The fourth-order valence-electron chi connectivity index (χ4n) is 1.78. The lowest BCUT2D eigenvalue weighted by Crippen LogP contribution is -2.05. The number of halogens is 1. The average Bonchev–Trinajstić information content (AvgIpc) is 2.52. The number of benzene rings is 2. The molecule has 0 fully saturated rings. The molecule has 110 valence electrons. The first-order chi connectivity index (χ1) is 10.3. The van der Waals surface area contributed by atoms with Crippen molar-refractivity contribution in [2.45, 2.75) is 19.9 Å². The highest BCUT2D eigenvalue weighted by Gasteiger charge is 2.01. The Hall–Kier alpha value is -2.00. The van der Waals surface area contributed by atoms with Crippen molar-refractivity contribution < 1.29 is 4.74 Å². The minimum Gasteiger partial charge on any atom is -0.492 e. The third-order valence-corrected chi connectivity index (χ3v) is 3.14. The van der Waals surface area contributed by atoms with Gasteiger partial charge in [-0.05, 0) is 35.7 Å². The molecule has 0 aromatic heterocycles. The number of nitrogens with zero attached hydrogens (tertiary/aromatic N) is 1. The van der Waals surface area contributed by atoms with Gasteiger partial charge >= 0.3 is 0 Å². The van der Waals surface area contributed by atoms with Gasteiger partial charge in [0.15, 0.2) is 0 Å². The van der Waals surface area contributed by atoms with Crippen LogP contribution in [0.4, 0.5) is 0 Å². The zero-order valence-electron chi connectivity index (χ0n) is 12.1. The number of hydrogen-bond donors (Lipinski definition) is 1. The molecule has 0 saturated heterocycles. The minimum atomic E-state index is 0.607. The summed E-state index contributed by atoms with van der Waals surface area (Å²) in [6.45, 7) is 3.43. The molecule has 0 spiro atoms. The van der Waals surface area contributed by atoms with Gasteiger partial charge in [-0.3, -0.25) is 0 Å². The van der Waals surface area contributed by atoms with E-state index >= 15 is 0 Å². The molecule has 0 heterocycles. The van der Waals surface area contributed by atoms with E-state index in [2.05, 4.69) is 29.6 Å². The Balaban J connectivity index is 1.87. The summed E-state index contributed by atoms with van der Waals surface area (Å²) in [5.74, 6) is 0.716. The van der Waals surface area contributed by atoms with E-state index < -0.39 is 0 Å². The Labute approximate surface area is 130 Å². The largest absolute Gasteiger partial charge is 0.492 e.